The number of amides is 1. The lowest BCUT2D eigenvalue weighted by atomic mass is 10.0. The summed E-state index contributed by atoms with van der Waals surface area (Å²) in [4.78, 5) is 17.1. The maximum absolute atomic E-state index is 13.3. The van der Waals surface area contributed by atoms with E-state index in [9.17, 15) is 17.9 Å². The monoisotopic (exact) mass is 432 g/mol. The van der Waals surface area contributed by atoms with Crippen molar-refractivity contribution in [1.82, 2.24) is 9.80 Å². The van der Waals surface area contributed by atoms with Gasteiger partial charge in [0.25, 0.3) is 5.91 Å². The number of methoxy groups -OCH3 is 1. The summed E-state index contributed by atoms with van der Waals surface area (Å²) in [7, 11) is 1.42. The summed E-state index contributed by atoms with van der Waals surface area (Å²) < 4.78 is 42.5. The second-order valence-corrected chi connectivity index (χ2v) is 8.24. The minimum Gasteiger partial charge on any atom is -0.755 e. The van der Waals surface area contributed by atoms with Crippen LogP contribution in [0.15, 0.2) is 42.5 Å². The van der Waals surface area contributed by atoms with Gasteiger partial charge in [-0.05, 0) is 48.7 Å². The molecule has 1 atom stereocenters. The Morgan fingerprint density at radius 3 is 2.37 bits per heavy atom. The van der Waals surface area contributed by atoms with E-state index >= 15 is 0 Å². The molecule has 1 unspecified atom stereocenters. The van der Waals surface area contributed by atoms with Crippen LogP contribution in [0.4, 0.5) is 10.1 Å². The van der Waals surface area contributed by atoms with Crippen LogP contribution in [0.1, 0.15) is 28.8 Å². The van der Waals surface area contributed by atoms with Crippen LogP contribution in [0.3, 0.4) is 0 Å². The van der Waals surface area contributed by atoms with Crippen molar-refractivity contribution in [1.29, 1.82) is 0 Å². The summed E-state index contributed by atoms with van der Waals surface area (Å²) in [5, 5.41) is 0. The third-order valence-corrected chi connectivity index (χ3v) is 6.31. The minimum absolute atomic E-state index is 0.0344. The lowest BCUT2D eigenvalue weighted by Crippen LogP contribution is -2.52. The van der Waals surface area contributed by atoms with Crippen LogP contribution in [0.2, 0.25) is 0 Å². The Kier molecular flexibility index (Phi) is 5.77. The Morgan fingerprint density at radius 2 is 1.80 bits per heavy atom. The molecule has 0 aromatic heterocycles. The predicted octanol–water partition coefficient (Wildman–Crippen LogP) is 2.49. The number of halogens is 1. The summed E-state index contributed by atoms with van der Waals surface area (Å²) in [6.45, 7) is 2.67. The van der Waals surface area contributed by atoms with Crippen molar-refractivity contribution in [2.24, 2.45) is 0 Å². The van der Waals surface area contributed by atoms with Gasteiger partial charge in [0.15, 0.2) is 0 Å². The summed E-state index contributed by atoms with van der Waals surface area (Å²) in [5.74, 6) is -0.0607. The van der Waals surface area contributed by atoms with Crippen molar-refractivity contribution >= 4 is 22.9 Å². The SMILES string of the molecule is COc1cc(C(=O)N2CCN(C3(c4ccc(F)cc4)CC3)CC2)ccc1NS(=O)[O-]. The van der Waals surface area contributed by atoms with Gasteiger partial charge in [0, 0.05) is 48.5 Å². The Labute approximate surface area is 177 Å². The normalized spacial score (nSPS) is 19.2. The van der Waals surface area contributed by atoms with E-state index in [2.05, 4.69) is 9.62 Å². The zero-order valence-electron chi connectivity index (χ0n) is 16.6. The van der Waals surface area contributed by atoms with Crippen LogP contribution < -0.4 is 9.46 Å². The van der Waals surface area contributed by atoms with Crippen LogP contribution in [-0.2, 0) is 16.8 Å². The fourth-order valence-corrected chi connectivity index (χ4v) is 4.53. The van der Waals surface area contributed by atoms with Gasteiger partial charge < -0.3 is 18.9 Å². The zero-order chi connectivity index (χ0) is 21.3. The molecule has 1 heterocycles. The molecule has 1 saturated carbocycles. The van der Waals surface area contributed by atoms with Crippen molar-refractivity contribution in [2.45, 2.75) is 18.4 Å². The molecular formula is C21H23FN3O4S-. The number of nitrogens with one attached hydrogen (secondary N) is 1. The van der Waals surface area contributed by atoms with E-state index in [1.165, 1.54) is 25.3 Å². The molecule has 2 aromatic rings. The van der Waals surface area contributed by atoms with E-state index in [0.717, 1.165) is 31.5 Å². The lowest BCUT2D eigenvalue weighted by Gasteiger charge is -2.40. The third kappa shape index (κ3) is 4.05. The number of nitrogens with zero attached hydrogens (tertiary/aromatic N) is 2. The molecule has 1 saturated heterocycles. The van der Waals surface area contributed by atoms with E-state index in [4.69, 9.17) is 4.74 Å². The van der Waals surface area contributed by atoms with Crippen molar-refractivity contribution in [3.63, 3.8) is 0 Å². The fraction of sp³-hybridized carbons (Fsp3) is 0.381. The van der Waals surface area contributed by atoms with Crippen molar-refractivity contribution in [3.05, 3.63) is 59.4 Å². The van der Waals surface area contributed by atoms with Gasteiger partial charge in [-0.2, -0.15) is 0 Å². The molecule has 1 aliphatic carbocycles. The van der Waals surface area contributed by atoms with Gasteiger partial charge in [0.2, 0.25) is 0 Å². The van der Waals surface area contributed by atoms with Gasteiger partial charge in [-0.3, -0.25) is 13.9 Å². The van der Waals surface area contributed by atoms with Crippen LogP contribution in [0, 0.1) is 5.82 Å². The highest BCUT2D eigenvalue weighted by Gasteiger charge is 2.50. The Bertz CT molecular complexity index is 957. The fourth-order valence-electron chi connectivity index (χ4n) is 4.18. The maximum Gasteiger partial charge on any atom is 0.254 e. The molecule has 160 valence electrons. The second-order valence-electron chi connectivity index (χ2n) is 7.57. The van der Waals surface area contributed by atoms with Gasteiger partial charge in [-0.1, -0.05) is 12.1 Å². The molecular weight excluding hydrogens is 409 g/mol. The number of hydrogen-bond donors (Lipinski definition) is 1. The average Bonchev–Trinajstić information content (AvgIpc) is 3.56. The highest BCUT2D eigenvalue weighted by atomic mass is 32.2. The third-order valence-electron chi connectivity index (χ3n) is 5.92. The quantitative estimate of drug-likeness (QED) is 0.709. The first-order chi connectivity index (χ1) is 14.4. The first kappa shape index (κ1) is 20.8. The number of ether oxygens (including phenoxy) is 1. The number of piperazine rings is 1. The number of carbonyl (C=O) groups excluding carboxylic acids is 1. The number of carbonyl (C=O) groups is 1. The van der Waals surface area contributed by atoms with Gasteiger partial charge in [-0.15, -0.1) is 0 Å². The smallest absolute Gasteiger partial charge is 0.254 e. The number of rotatable bonds is 6. The van der Waals surface area contributed by atoms with Crippen molar-refractivity contribution < 1.29 is 22.7 Å². The number of hydrogen-bond acceptors (Lipinski definition) is 5. The van der Waals surface area contributed by atoms with E-state index in [1.54, 1.807) is 17.0 Å². The largest absolute Gasteiger partial charge is 0.755 e. The van der Waals surface area contributed by atoms with E-state index < -0.39 is 11.3 Å². The summed E-state index contributed by atoms with van der Waals surface area (Å²) in [5.41, 5.74) is 1.82. The Balaban J connectivity index is 1.42. The van der Waals surface area contributed by atoms with Gasteiger partial charge in [0.05, 0.1) is 12.8 Å². The van der Waals surface area contributed by atoms with Gasteiger partial charge in [-0.25, -0.2) is 4.39 Å². The van der Waals surface area contributed by atoms with Crippen molar-refractivity contribution in [3.8, 4) is 5.75 Å². The molecule has 0 bridgehead atoms. The molecule has 2 aliphatic rings. The number of benzene rings is 2. The summed E-state index contributed by atoms with van der Waals surface area (Å²) in [6, 6.07) is 11.4. The van der Waals surface area contributed by atoms with Crippen LogP contribution in [-0.4, -0.2) is 57.8 Å². The van der Waals surface area contributed by atoms with Crippen molar-refractivity contribution in [2.75, 3.05) is 38.0 Å². The molecule has 1 N–H and O–H groups in total. The molecule has 1 amide bonds. The highest BCUT2D eigenvalue weighted by Crippen LogP contribution is 2.51. The van der Waals surface area contributed by atoms with E-state index in [-0.39, 0.29) is 28.7 Å². The Hall–Kier alpha value is -2.49. The first-order valence-corrected chi connectivity index (χ1v) is 10.8. The summed E-state index contributed by atoms with van der Waals surface area (Å²) in [6.07, 6.45) is 2.08. The minimum atomic E-state index is -2.48. The molecule has 7 nitrogen and oxygen atoms in total. The highest BCUT2D eigenvalue weighted by molar-refractivity contribution is 7.80. The average molecular weight is 432 g/mol. The second kappa shape index (κ2) is 8.33. The molecule has 4 rings (SSSR count). The van der Waals surface area contributed by atoms with Gasteiger partial charge >= 0.3 is 0 Å². The van der Waals surface area contributed by atoms with Gasteiger partial charge in [0.1, 0.15) is 11.6 Å². The van der Waals surface area contributed by atoms with Crippen LogP contribution in [0.5, 0.6) is 5.75 Å². The van der Waals surface area contributed by atoms with Crippen LogP contribution >= 0.6 is 0 Å². The summed E-state index contributed by atoms with van der Waals surface area (Å²) >= 11 is -2.48. The standard InChI is InChI=1S/C21H24FN3O4S/c1-29-19-14-15(2-7-18(19)23-30(27)28)20(26)24-10-12-25(13-11-24)21(8-9-21)16-3-5-17(22)6-4-16/h2-7,14,23H,8-13H2,1H3,(H,27,28)/p-1. The van der Waals surface area contributed by atoms with E-state index in [1.807, 2.05) is 12.1 Å². The molecule has 1 aliphatic heterocycles. The molecule has 0 radical (unpaired) electrons. The Morgan fingerprint density at radius 1 is 1.13 bits per heavy atom. The molecule has 2 fully saturated rings. The lowest BCUT2D eigenvalue weighted by molar-refractivity contribution is 0.0531. The first-order valence-electron chi connectivity index (χ1n) is 9.77. The topological polar surface area (TPSA) is 84.9 Å². The predicted molar refractivity (Wildman–Crippen MR) is 110 cm³/mol. The molecule has 30 heavy (non-hydrogen) atoms. The molecule has 0 spiro atoms. The maximum atomic E-state index is 13.3. The molecule has 9 heteroatoms. The zero-order valence-corrected chi connectivity index (χ0v) is 17.4. The molecule has 2 aromatic carbocycles. The van der Waals surface area contributed by atoms with Crippen LogP contribution in [0.25, 0.3) is 0 Å². The van der Waals surface area contributed by atoms with E-state index in [0.29, 0.717) is 18.7 Å². The number of anilines is 1.